The largest absolute Gasteiger partial charge is 0.0991 e. The highest BCUT2D eigenvalue weighted by molar-refractivity contribution is 5.37. The van der Waals surface area contributed by atoms with Gasteiger partial charge in [-0.25, -0.2) is 0 Å². The maximum Gasteiger partial charge on any atom is -0.0274 e. The molecule has 0 aromatic heterocycles. The van der Waals surface area contributed by atoms with Crippen LogP contribution in [0.25, 0.3) is 0 Å². The van der Waals surface area contributed by atoms with Crippen LogP contribution in [0.1, 0.15) is 33.1 Å². The second-order valence-electron chi connectivity index (χ2n) is 3.20. The molecule has 0 bridgehead atoms. The Bertz CT molecular complexity index is 216. The monoisotopic (exact) mass is 148 g/mol. The Morgan fingerprint density at radius 1 is 1.45 bits per heavy atom. The first kappa shape index (κ1) is 8.32. The summed E-state index contributed by atoms with van der Waals surface area (Å²) in [7, 11) is 0. The van der Waals surface area contributed by atoms with Gasteiger partial charge >= 0.3 is 0 Å². The van der Waals surface area contributed by atoms with Gasteiger partial charge in [-0.1, -0.05) is 24.3 Å². The van der Waals surface area contributed by atoms with E-state index in [0.717, 1.165) is 0 Å². The first-order chi connectivity index (χ1) is 5.25. The zero-order valence-corrected chi connectivity index (χ0v) is 7.48. The summed E-state index contributed by atoms with van der Waals surface area (Å²) in [5, 5.41) is 0. The van der Waals surface area contributed by atoms with Crippen molar-refractivity contribution >= 4 is 0 Å². The summed E-state index contributed by atoms with van der Waals surface area (Å²) in [5.74, 6) is 0. The molecule has 0 aromatic rings. The quantitative estimate of drug-likeness (QED) is 0.525. The predicted molar refractivity (Wildman–Crippen MR) is 50.5 cm³/mol. The van der Waals surface area contributed by atoms with Crippen LogP contribution < -0.4 is 0 Å². The average molecular weight is 148 g/mol. The minimum atomic E-state index is 1.27. The van der Waals surface area contributed by atoms with Gasteiger partial charge in [0.1, 0.15) is 0 Å². The summed E-state index contributed by atoms with van der Waals surface area (Å²) in [6, 6.07) is 0. The Kier molecular flexibility index (Phi) is 2.70. The lowest BCUT2D eigenvalue weighted by Gasteiger charge is -2.02. The molecule has 0 aliphatic heterocycles. The van der Waals surface area contributed by atoms with Crippen molar-refractivity contribution in [1.29, 1.82) is 0 Å². The van der Waals surface area contributed by atoms with Gasteiger partial charge < -0.3 is 0 Å². The molecular formula is C11H16. The van der Waals surface area contributed by atoms with Crippen LogP contribution in [0.2, 0.25) is 0 Å². The van der Waals surface area contributed by atoms with Gasteiger partial charge in [0.05, 0.1) is 0 Å². The molecule has 0 spiro atoms. The molecule has 1 aliphatic carbocycles. The van der Waals surface area contributed by atoms with Crippen molar-refractivity contribution in [2.75, 3.05) is 0 Å². The summed E-state index contributed by atoms with van der Waals surface area (Å²) < 4.78 is 0. The predicted octanol–water partition coefficient (Wildman–Crippen LogP) is 3.62. The van der Waals surface area contributed by atoms with Gasteiger partial charge in [-0.2, -0.15) is 0 Å². The SMILES string of the molecule is C=C/C=C(/C)C1=C(C)CCC1. The smallest absolute Gasteiger partial charge is 0.0274 e. The highest BCUT2D eigenvalue weighted by Gasteiger charge is 2.10. The number of rotatable bonds is 2. The molecule has 0 N–H and O–H groups in total. The maximum absolute atomic E-state index is 3.70. The van der Waals surface area contributed by atoms with E-state index in [4.69, 9.17) is 0 Å². The molecule has 11 heavy (non-hydrogen) atoms. The van der Waals surface area contributed by atoms with Gasteiger partial charge in [-0.3, -0.25) is 0 Å². The molecule has 0 heterocycles. The van der Waals surface area contributed by atoms with Gasteiger partial charge in [0.25, 0.3) is 0 Å². The lowest BCUT2D eigenvalue weighted by molar-refractivity contribution is 0.895. The molecule has 0 atom stereocenters. The van der Waals surface area contributed by atoms with E-state index in [1.807, 2.05) is 6.08 Å². The van der Waals surface area contributed by atoms with E-state index in [0.29, 0.717) is 0 Å². The van der Waals surface area contributed by atoms with Crippen LogP contribution in [0, 0.1) is 0 Å². The van der Waals surface area contributed by atoms with Gasteiger partial charge in [-0.15, -0.1) is 0 Å². The summed E-state index contributed by atoms with van der Waals surface area (Å²) in [6.45, 7) is 8.11. The minimum absolute atomic E-state index is 1.27. The third kappa shape index (κ3) is 1.83. The molecule has 0 unspecified atom stereocenters. The van der Waals surface area contributed by atoms with E-state index in [2.05, 4.69) is 26.5 Å². The van der Waals surface area contributed by atoms with Crippen LogP contribution in [-0.2, 0) is 0 Å². The van der Waals surface area contributed by atoms with Gasteiger partial charge in [0, 0.05) is 0 Å². The zero-order valence-electron chi connectivity index (χ0n) is 7.48. The topological polar surface area (TPSA) is 0 Å². The lowest BCUT2D eigenvalue weighted by atomic mass is 10.0. The average Bonchev–Trinajstić information content (AvgIpc) is 2.36. The normalized spacial score (nSPS) is 19.3. The van der Waals surface area contributed by atoms with Crippen molar-refractivity contribution in [2.45, 2.75) is 33.1 Å². The van der Waals surface area contributed by atoms with Crippen LogP contribution in [0.3, 0.4) is 0 Å². The Labute approximate surface area is 69.3 Å². The van der Waals surface area contributed by atoms with Gasteiger partial charge in [-0.05, 0) is 44.3 Å². The van der Waals surface area contributed by atoms with E-state index in [1.54, 1.807) is 11.1 Å². The van der Waals surface area contributed by atoms with Gasteiger partial charge in [0.2, 0.25) is 0 Å². The summed E-state index contributed by atoms with van der Waals surface area (Å²) in [4.78, 5) is 0. The van der Waals surface area contributed by atoms with Crippen molar-refractivity contribution in [3.8, 4) is 0 Å². The molecule has 1 aliphatic rings. The summed E-state index contributed by atoms with van der Waals surface area (Å²) in [5.41, 5.74) is 4.53. The van der Waals surface area contributed by atoms with E-state index < -0.39 is 0 Å². The van der Waals surface area contributed by atoms with Crippen molar-refractivity contribution in [3.05, 3.63) is 35.5 Å². The molecule has 0 heteroatoms. The van der Waals surface area contributed by atoms with Crippen molar-refractivity contribution in [3.63, 3.8) is 0 Å². The number of hydrogen-bond acceptors (Lipinski definition) is 0. The fraction of sp³-hybridized carbons (Fsp3) is 0.455. The number of allylic oxidation sites excluding steroid dienone is 5. The Hall–Kier alpha value is -0.780. The second-order valence-corrected chi connectivity index (χ2v) is 3.20. The van der Waals surface area contributed by atoms with E-state index in [1.165, 1.54) is 24.8 Å². The molecule has 60 valence electrons. The molecule has 0 saturated carbocycles. The maximum atomic E-state index is 3.70. The van der Waals surface area contributed by atoms with E-state index >= 15 is 0 Å². The van der Waals surface area contributed by atoms with Crippen LogP contribution >= 0.6 is 0 Å². The second kappa shape index (κ2) is 3.56. The minimum Gasteiger partial charge on any atom is -0.0991 e. The van der Waals surface area contributed by atoms with Crippen LogP contribution in [0.15, 0.2) is 35.5 Å². The first-order valence-electron chi connectivity index (χ1n) is 4.24. The Morgan fingerprint density at radius 3 is 2.64 bits per heavy atom. The van der Waals surface area contributed by atoms with Crippen LogP contribution in [0.5, 0.6) is 0 Å². The Balaban J connectivity index is 2.81. The fourth-order valence-corrected chi connectivity index (χ4v) is 1.71. The van der Waals surface area contributed by atoms with E-state index in [-0.39, 0.29) is 0 Å². The van der Waals surface area contributed by atoms with E-state index in [9.17, 15) is 0 Å². The van der Waals surface area contributed by atoms with Crippen LogP contribution in [-0.4, -0.2) is 0 Å². The lowest BCUT2D eigenvalue weighted by Crippen LogP contribution is -1.81. The fourth-order valence-electron chi connectivity index (χ4n) is 1.71. The molecule has 0 radical (unpaired) electrons. The molecule has 0 nitrogen and oxygen atoms in total. The third-order valence-electron chi connectivity index (χ3n) is 2.34. The third-order valence-corrected chi connectivity index (χ3v) is 2.34. The number of hydrogen-bond donors (Lipinski definition) is 0. The first-order valence-corrected chi connectivity index (χ1v) is 4.24. The molecule has 1 rings (SSSR count). The summed E-state index contributed by atoms with van der Waals surface area (Å²) >= 11 is 0. The molecule has 0 saturated heterocycles. The van der Waals surface area contributed by atoms with Crippen LogP contribution in [0.4, 0.5) is 0 Å². The summed E-state index contributed by atoms with van der Waals surface area (Å²) in [6.07, 6.45) is 7.86. The molecule has 0 aromatic carbocycles. The van der Waals surface area contributed by atoms with Crippen molar-refractivity contribution in [1.82, 2.24) is 0 Å². The molecular weight excluding hydrogens is 132 g/mol. The highest BCUT2D eigenvalue weighted by atomic mass is 14.2. The van der Waals surface area contributed by atoms with Crippen molar-refractivity contribution in [2.24, 2.45) is 0 Å². The van der Waals surface area contributed by atoms with Gasteiger partial charge in [0.15, 0.2) is 0 Å². The zero-order chi connectivity index (χ0) is 8.27. The standard InChI is InChI=1S/C11H16/c1-4-6-9(2)11-8-5-7-10(11)3/h4,6H,1,5,7-8H2,2-3H3/b9-6-. The van der Waals surface area contributed by atoms with Crippen molar-refractivity contribution < 1.29 is 0 Å². The Morgan fingerprint density at radius 2 is 2.18 bits per heavy atom. The highest BCUT2D eigenvalue weighted by Crippen LogP contribution is 2.30. The molecule has 0 amide bonds. The molecule has 0 fully saturated rings.